The topological polar surface area (TPSA) is 83.1 Å². The Morgan fingerprint density at radius 2 is 1.56 bits per heavy atom. The molecule has 3 aromatic rings. The summed E-state index contributed by atoms with van der Waals surface area (Å²) in [6, 6.07) is 18.4. The van der Waals surface area contributed by atoms with Crippen molar-refractivity contribution in [1.29, 1.82) is 0 Å². The average Bonchev–Trinajstić information content (AvgIpc) is 3.27. The number of fused-ring (bicyclic) bond motifs is 2. The molecule has 1 atom stereocenters. The first-order valence-electron chi connectivity index (χ1n) is 10.6. The van der Waals surface area contributed by atoms with Crippen LogP contribution in [0.5, 0.6) is 11.5 Å². The molecule has 1 N–H and O–H groups in total. The summed E-state index contributed by atoms with van der Waals surface area (Å²) in [5, 5.41) is 5.48. The van der Waals surface area contributed by atoms with Crippen molar-refractivity contribution >= 4 is 28.4 Å². The highest BCUT2D eigenvalue weighted by molar-refractivity contribution is 5.96. The van der Waals surface area contributed by atoms with Crippen LogP contribution < -0.4 is 14.8 Å². The fourth-order valence-corrected chi connectivity index (χ4v) is 3.76. The Kier molecular flexibility index (Phi) is 6.44. The second-order valence-electron chi connectivity index (χ2n) is 7.28. The van der Waals surface area contributed by atoms with Crippen LogP contribution in [0.2, 0.25) is 0 Å². The normalized spacial score (nSPS) is 13.1. The quantitative estimate of drug-likeness (QED) is 0.413. The van der Waals surface area contributed by atoms with E-state index in [0.717, 1.165) is 16.5 Å². The number of rotatable bonds is 8. The molecule has 0 aromatic heterocycles. The van der Waals surface area contributed by atoms with Crippen LogP contribution in [0.15, 0.2) is 60.7 Å². The number of carbonyl (C=O) groups is 2. The molecule has 0 amide bonds. The predicted octanol–water partition coefficient (Wildman–Crippen LogP) is 4.46. The van der Waals surface area contributed by atoms with Crippen molar-refractivity contribution < 1.29 is 28.5 Å². The zero-order chi connectivity index (χ0) is 22.5. The smallest absolute Gasteiger partial charge is 0.322 e. The van der Waals surface area contributed by atoms with E-state index in [-0.39, 0.29) is 20.0 Å². The van der Waals surface area contributed by atoms with E-state index in [4.69, 9.17) is 18.9 Å². The van der Waals surface area contributed by atoms with E-state index in [1.807, 2.05) is 42.5 Å². The van der Waals surface area contributed by atoms with Crippen molar-refractivity contribution in [2.24, 2.45) is 5.92 Å². The largest absolute Gasteiger partial charge is 0.465 e. The van der Waals surface area contributed by atoms with E-state index in [9.17, 15) is 9.59 Å². The van der Waals surface area contributed by atoms with Gasteiger partial charge in [0.2, 0.25) is 6.79 Å². The highest BCUT2D eigenvalue weighted by Crippen LogP contribution is 2.38. The van der Waals surface area contributed by atoms with Gasteiger partial charge in [-0.3, -0.25) is 9.59 Å². The Morgan fingerprint density at radius 3 is 2.28 bits per heavy atom. The van der Waals surface area contributed by atoms with Crippen molar-refractivity contribution in [2.45, 2.75) is 19.9 Å². The van der Waals surface area contributed by atoms with Gasteiger partial charge in [0.1, 0.15) is 0 Å². The Morgan fingerprint density at radius 1 is 0.875 bits per heavy atom. The van der Waals surface area contributed by atoms with E-state index >= 15 is 0 Å². The van der Waals surface area contributed by atoms with Crippen molar-refractivity contribution in [1.82, 2.24) is 0 Å². The Hall–Kier alpha value is -3.74. The van der Waals surface area contributed by atoms with Crippen molar-refractivity contribution in [3.8, 4) is 11.5 Å². The Bertz CT molecular complexity index is 1110. The summed E-state index contributed by atoms with van der Waals surface area (Å²) in [5.74, 6) is -1.34. The van der Waals surface area contributed by atoms with Crippen LogP contribution in [0, 0.1) is 5.92 Å². The first-order chi connectivity index (χ1) is 15.6. The summed E-state index contributed by atoms with van der Waals surface area (Å²) in [4.78, 5) is 25.8. The van der Waals surface area contributed by atoms with Crippen molar-refractivity contribution in [3.05, 3.63) is 66.2 Å². The lowest BCUT2D eigenvalue weighted by atomic mass is 9.92. The van der Waals surface area contributed by atoms with E-state index < -0.39 is 23.9 Å². The number of benzene rings is 3. The number of hydrogen-bond donors (Lipinski definition) is 1. The molecule has 0 spiro atoms. The molecule has 32 heavy (non-hydrogen) atoms. The van der Waals surface area contributed by atoms with Gasteiger partial charge >= 0.3 is 11.9 Å². The molecule has 0 fully saturated rings. The number of carbonyl (C=O) groups excluding carboxylic acids is 2. The minimum absolute atomic E-state index is 0.126. The third-order valence-electron chi connectivity index (χ3n) is 5.24. The Labute approximate surface area is 186 Å². The maximum Gasteiger partial charge on any atom is 0.322 e. The van der Waals surface area contributed by atoms with Gasteiger partial charge in [0.15, 0.2) is 17.4 Å². The summed E-state index contributed by atoms with van der Waals surface area (Å²) in [6.07, 6.45) is 0. The fraction of sp³-hybridized carbons (Fsp3) is 0.280. The molecule has 0 saturated heterocycles. The summed E-state index contributed by atoms with van der Waals surface area (Å²) in [6.45, 7) is 3.83. The molecule has 7 nitrogen and oxygen atoms in total. The summed E-state index contributed by atoms with van der Waals surface area (Å²) in [7, 11) is 0. The molecule has 1 aliphatic heterocycles. The van der Waals surface area contributed by atoms with Gasteiger partial charge in [-0.2, -0.15) is 0 Å². The lowest BCUT2D eigenvalue weighted by molar-refractivity contribution is -0.162. The first kappa shape index (κ1) is 21.5. The van der Waals surface area contributed by atoms with E-state index in [1.165, 1.54) is 0 Å². The zero-order valence-corrected chi connectivity index (χ0v) is 18.0. The van der Waals surface area contributed by atoms with E-state index in [1.54, 1.807) is 32.0 Å². The minimum Gasteiger partial charge on any atom is -0.465 e. The summed E-state index contributed by atoms with van der Waals surface area (Å²) < 4.78 is 21.4. The van der Waals surface area contributed by atoms with Gasteiger partial charge in [0.25, 0.3) is 0 Å². The second-order valence-corrected chi connectivity index (χ2v) is 7.28. The van der Waals surface area contributed by atoms with Gasteiger partial charge in [0.05, 0.1) is 19.3 Å². The number of hydrogen-bond acceptors (Lipinski definition) is 7. The summed E-state index contributed by atoms with van der Waals surface area (Å²) >= 11 is 0. The molecule has 166 valence electrons. The van der Waals surface area contributed by atoms with Crippen LogP contribution in [0.4, 0.5) is 5.69 Å². The molecule has 0 radical (unpaired) electrons. The average molecular weight is 435 g/mol. The van der Waals surface area contributed by atoms with Crippen LogP contribution in [0.1, 0.15) is 25.5 Å². The zero-order valence-electron chi connectivity index (χ0n) is 18.0. The molecule has 4 rings (SSSR count). The molecular formula is C25H25NO6. The number of esters is 2. The maximum atomic E-state index is 12.9. The van der Waals surface area contributed by atoms with Gasteiger partial charge in [0, 0.05) is 5.69 Å². The van der Waals surface area contributed by atoms with Crippen molar-refractivity contribution in [2.75, 3.05) is 25.3 Å². The molecule has 1 heterocycles. The standard InChI is InChI=1S/C25H25NO6/c1-3-29-24(27)22(25(28)30-4-2)23(18-10-12-20-21(14-18)32-15-31-20)26-19-11-9-16-7-5-6-8-17(16)13-19/h5-14,22-23,26H,3-4,15H2,1-2H3/t23-/m0/s1. The maximum absolute atomic E-state index is 12.9. The highest BCUT2D eigenvalue weighted by atomic mass is 16.7. The van der Waals surface area contributed by atoms with Crippen LogP contribution in [-0.2, 0) is 19.1 Å². The van der Waals surface area contributed by atoms with E-state index in [0.29, 0.717) is 17.1 Å². The molecule has 0 bridgehead atoms. The number of nitrogens with one attached hydrogen (secondary N) is 1. The van der Waals surface area contributed by atoms with Gasteiger partial charge in [-0.1, -0.05) is 36.4 Å². The molecule has 3 aromatic carbocycles. The molecule has 7 heteroatoms. The van der Waals surface area contributed by atoms with Crippen LogP contribution in [0.25, 0.3) is 10.8 Å². The molecule has 0 unspecified atom stereocenters. The number of ether oxygens (including phenoxy) is 4. The fourth-order valence-electron chi connectivity index (χ4n) is 3.76. The van der Waals surface area contributed by atoms with Crippen molar-refractivity contribution in [3.63, 3.8) is 0 Å². The van der Waals surface area contributed by atoms with Gasteiger partial charge in [-0.15, -0.1) is 0 Å². The van der Waals surface area contributed by atoms with Crippen LogP contribution in [0.3, 0.4) is 0 Å². The third-order valence-corrected chi connectivity index (χ3v) is 5.24. The Balaban J connectivity index is 1.76. The second kappa shape index (κ2) is 9.60. The SMILES string of the molecule is CCOC(=O)C(C(=O)OCC)[C@@H](Nc1ccc2ccccc2c1)c1ccc2c(c1)OCO2. The third kappa shape index (κ3) is 4.46. The lowest BCUT2D eigenvalue weighted by Gasteiger charge is -2.27. The monoisotopic (exact) mass is 435 g/mol. The minimum atomic E-state index is -1.21. The molecule has 1 aliphatic rings. The van der Waals surface area contributed by atoms with Gasteiger partial charge in [-0.25, -0.2) is 0 Å². The summed E-state index contributed by atoms with van der Waals surface area (Å²) in [5.41, 5.74) is 1.43. The van der Waals surface area contributed by atoms with E-state index in [2.05, 4.69) is 5.32 Å². The molecule has 0 saturated carbocycles. The van der Waals surface area contributed by atoms with Crippen LogP contribution in [-0.4, -0.2) is 31.9 Å². The number of anilines is 1. The van der Waals surface area contributed by atoms with Crippen LogP contribution >= 0.6 is 0 Å². The lowest BCUT2D eigenvalue weighted by Crippen LogP contribution is -2.36. The molecular weight excluding hydrogens is 410 g/mol. The first-order valence-corrected chi connectivity index (χ1v) is 10.6. The van der Waals surface area contributed by atoms with Gasteiger partial charge < -0.3 is 24.3 Å². The van der Waals surface area contributed by atoms with Gasteiger partial charge in [-0.05, 0) is 54.4 Å². The predicted molar refractivity (Wildman–Crippen MR) is 120 cm³/mol. The highest BCUT2D eigenvalue weighted by Gasteiger charge is 2.39. The molecule has 0 aliphatic carbocycles.